The number of terminal acetylenes is 1. The predicted molar refractivity (Wildman–Crippen MR) is 52.0 cm³/mol. The molecule has 0 saturated carbocycles. The van der Waals surface area contributed by atoms with Crippen molar-refractivity contribution in [1.29, 1.82) is 0 Å². The molecule has 0 aliphatic rings. The Morgan fingerprint density at radius 2 is 2.31 bits per heavy atom. The first-order chi connectivity index (χ1) is 6.16. The van der Waals surface area contributed by atoms with Gasteiger partial charge in [-0.15, -0.1) is 12.3 Å². The first-order valence-corrected chi connectivity index (χ1v) is 4.55. The number of aliphatic hydroxyl groups excluding tert-OH is 1. The molecule has 0 aromatic carbocycles. The maximum atomic E-state index is 11.0. The number of carbonyl (C=O) groups excluding carboxylic acids is 1. The van der Waals surface area contributed by atoms with Crippen molar-refractivity contribution in [3.8, 4) is 12.3 Å². The van der Waals surface area contributed by atoms with Crippen molar-refractivity contribution >= 4 is 5.91 Å². The van der Waals surface area contributed by atoms with Gasteiger partial charge in [-0.3, -0.25) is 4.79 Å². The molecule has 0 rings (SSSR count). The molecule has 0 aromatic heterocycles. The Labute approximate surface area is 79.5 Å². The molecule has 1 atom stereocenters. The van der Waals surface area contributed by atoms with E-state index in [-0.39, 0.29) is 5.91 Å². The average molecular weight is 183 g/mol. The van der Waals surface area contributed by atoms with Crippen molar-refractivity contribution in [1.82, 2.24) is 5.32 Å². The van der Waals surface area contributed by atoms with Gasteiger partial charge in [0.2, 0.25) is 5.91 Å². The van der Waals surface area contributed by atoms with Crippen LogP contribution in [-0.2, 0) is 4.79 Å². The summed E-state index contributed by atoms with van der Waals surface area (Å²) in [5.74, 6) is 2.50. The lowest BCUT2D eigenvalue weighted by atomic mass is 10.2. The van der Waals surface area contributed by atoms with Gasteiger partial charge in [-0.2, -0.15) is 0 Å². The number of carbonyl (C=O) groups is 1. The first-order valence-electron chi connectivity index (χ1n) is 4.55. The van der Waals surface area contributed by atoms with Crippen LogP contribution in [0.15, 0.2) is 0 Å². The van der Waals surface area contributed by atoms with Gasteiger partial charge < -0.3 is 10.4 Å². The van der Waals surface area contributed by atoms with Gasteiger partial charge >= 0.3 is 0 Å². The number of hydrogen-bond donors (Lipinski definition) is 2. The fraction of sp³-hybridized carbons (Fsp3) is 0.700. The predicted octanol–water partition coefficient (Wildman–Crippen LogP) is 0.677. The summed E-state index contributed by atoms with van der Waals surface area (Å²) in [7, 11) is 0. The molecule has 0 aliphatic heterocycles. The third kappa shape index (κ3) is 8.90. The summed E-state index contributed by atoms with van der Waals surface area (Å²) in [4.78, 5) is 11.0. The minimum atomic E-state index is -0.477. The summed E-state index contributed by atoms with van der Waals surface area (Å²) >= 11 is 0. The van der Waals surface area contributed by atoms with Gasteiger partial charge in [0.15, 0.2) is 0 Å². The Morgan fingerprint density at radius 1 is 1.62 bits per heavy atom. The molecule has 0 heterocycles. The van der Waals surface area contributed by atoms with Gasteiger partial charge in [-0.05, 0) is 19.8 Å². The highest BCUT2D eigenvalue weighted by Gasteiger charge is 2.01. The molecule has 0 radical (unpaired) electrons. The second-order valence-electron chi connectivity index (χ2n) is 3.06. The zero-order chi connectivity index (χ0) is 10.1. The number of hydrogen-bond acceptors (Lipinski definition) is 2. The van der Waals surface area contributed by atoms with Crippen LogP contribution in [0.5, 0.6) is 0 Å². The average Bonchev–Trinajstić information content (AvgIpc) is 2.09. The molecular formula is C10H17NO2. The van der Waals surface area contributed by atoms with E-state index < -0.39 is 6.10 Å². The van der Waals surface area contributed by atoms with Crippen molar-refractivity contribution < 1.29 is 9.90 Å². The van der Waals surface area contributed by atoms with Crippen LogP contribution in [0.1, 0.15) is 32.6 Å². The zero-order valence-electron chi connectivity index (χ0n) is 8.05. The highest BCUT2D eigenvalue weighted by Crippen LogP contribution is 1.98. The number of amides is 1. The van der Waals surface area contributed by atoms with Crippen LogP contribution in [0.25, 0.3) is 0 Å². The Morgan fingerprint density at radius 3 is 2.85 bits per heavy atom. The van der Waals surface area contributed by atoms with E-state index in [4.69, 9.17) is 11.5 Å². The molecule has 0 saturated heterocycles. The van der Waals surface area contributed by atoms with Crippen LogP contribution in [0.4, 0.5) is 0 Å². The van der Waals surface area contributed by atoms with Crippen LogP contribution in [-0.4, -0.2) is 23.7 Å². The standard InChI is InChI=1S/C10H17NO2/c1-3-4-5-6-7-10(13)11-8-9(2)12/h1,9,12H,4-8H2,2H3,(H,11,13). The summed E-state index contributed by atoms with van der Waals surface area (Å²) in [5.41, 5.74) is 0. The number of aliphatic hydroxyl groups is 1. The third-order valence-electron chi connectivity index (χ3n) is 1.57. The van der Waals surface area contributed by atoms with E-state index in [1.165, 1.54) is 0 Å². The number of rotatable bonds is 6. The largest absolute Gasteiger partial charge is 0.392 e. The summed E-state index contributed by atoms with van der Waals surface area (Å²) in [6, 6.07) is 0. The van der Waals surface area contributed by atoms with Crippen molar-refractivity contribution in [2.24, 2.45) is 0 Å². The maximum absolute atomic E-state index is 11.0. The number of unbranched alkanes of at least 4 members (excludes halogenated alkanes) is 2. The van der Waals surface area contributed by atoms with Gasteiger partial charge in [-0.25, -0.2) is 0 Å². The van der Waals surface area contributed by atoms with E-state index in [2.05, 4.69) is 11.2 Å². The van der Waals surface area contributed by atoms with Crippen LogP contribution < -0.4 is 5.32 Å². The number of nitrogens with one attached hydrogen (secondary N) is 1. The molecule has 13 heavy (non-hydrogen) atoms. The summed E-state index contributed by atoms with van der Waals surface area (Å²) in [5, 5.41) is 11.5. The molecule has 3 heteroatoms. The maximum Gasteiger partial charge on any atom is 0.220 e. The minimum Gasteiger partial charge on any atom is -0.392 e. The Balaban J connectivity index is 3.26. The highest BCUT2D eigenvalue weighted by molar-refractivity contribution is 5.75. The minimum absolute atomic E-state index is 0.0158. The summed E-state index contributed by atoms with van der Waals surface area (Å²) in [6.45, 7) is 1.96. The molecule has 1 amide bonds. The quantitative estimate of drug-likeness (QED) is 0.470. The van der Waals surface area contributed by atoms with Gasteiger partial charge in [0.1, 0.15) is 0 Å². The SMILES string of the molecule is C#CCCCCC(=O)NCC(C)O. The van der Waals surface area contributed by atoms with Crippen molar-refractivity contribution in [2.75, 3.05) is 6.54 Å². The Bertz CT molecular complexity index is 182. The van der Waals surface area contributed by atoms with Crippen LogP contribution in [0.2, 0.25) is 0 Å². The molecule has 0 aliphatic carbocycles. The Kier molecular flexibility index (Phi) is 7.04. The lowest BCUT2D eigenvalue weighted by Gasteiger charge is -2.06. The molecule has 0 fully saturated rings. The lowest BCUT2D eigenvalue weighted by Crippen LogP contribution is -2.30. The van der Waals surface area contributed by atoms with Gasteiger partial charge in [-0.1, -0.05) is 0 Å². The fourth-order valence-electron chi connectivity index (χ4n) is 0.863. The third-order valence-corrected chi connectivity index (χ3v) is 1.57. The van der Waals surface area contributed by atoms with E-state index >= 15 is 0 Å². The van der Waals surface area contributed by atoms with Crippen molar-refractivity contribution in [3.05, 3.63) is 0 Å². The Hall–Kier alpha value is -1.01. The van der Waals surface area contributed by atoms with Gasteiger partial charge in [0.05, 0.1) is 6.10 Å². The first kappa shape index (κ1) is 12.0. The second kappa shape index (κ2) is 7.63. The van der Waals surface area contributed by atoms with E-state index in [1.54, 1.807) is 6.92 Å². The second-order valence-corrected chi connectivity index (χ2v) is 3.06. The van der Waals surface area contributed by atoms with Gasteiger partial charge in [0, 0.05) is 19.4 Å². The van der Waals surface area contributed by atoms with Crippen LogP contribution in [0.3, 0.4) is 0 Å². The normalized spacial score (nSPS) is 11.8. The van der Waals surface area contributed by atoms with Crippen molar-refractivity contribution in [2.45, 2.75) is 38.7 Å². The van der Waals surface area contributed by atoms with Crippen LogP contribution >= 0.6 is 0 Å². The zero-order valence-corrected chi connectivity index (χ0v) is 8.05. The highest BCUT2D eigenvalue weighted by atomic mass is 16.3. The molecule has 74 valence electrons. The van der Waals surface area contributed by atoms with E-state index in [0.29, 0.717) is 13.0 Å². The molecule has 0 aromatic rings. The molecular weight excluding hydrogens is 166 g/mol. The fourth-order valence-corrected chi connectivity index (χ4v) is 0.863. The van der Waals surface area contributed by atoms with Crippen LogP contribution in [0, 0.1) is 12.3 Å². The summed E-state index contributed by atoms with van der Waals surface area (Å²) in [6.07, 6.45) is 7.51. The molecule has 1 unspecified atom stereocenters. The monoisotopic (exact) mass is 183 g/mol. The smallest absolute Gasteiger partial charge is 0.220 e. The van der Waals surface area contributed by atoms with E-state index in [0.717, 1.165) is 19.3 Å². The lowest BCUT2D eigenvalue weighted by molar-refractivity contribution is -0.121. The van der Waals surface area contributed by atoms with E-state index in [1.807, 2.05) is 0 Å². The molecule has 0 bridgehead atoms. The topological polar surface area (TPSA) is 49.3 Å². The molecule has 2 N–H and O–H groups in total. The van der Waals surface area contributed by atoms with Crippen molar-refractivity contribution in [3.63, 3.8) is 0 Å². The van der Waals surface area contributed by atoms with E-state index in [9.17, 15) is 4.79 Å². The molecule has 3 nitrogen and oxygen atoms in total. The summed E-state index contributed by atoms with van der Waals surface area (Å²) < 4.78 is 0. The molecule has 0 spiro atoms. The van der Waals surface area contributed by atoms with Gasteiger partial charge in [0.25, 0.3) is 0 Å².